The Morgan fingerprint density at radius 3 is 2.35 bits per heavy atom. The molecule has 0 aromatic rings. The molecule has 0 aromatic heterocycles. The van der Waals surface area contributed by atoms with Crippen molar-refractivity contribution < 1.29 is 23.9 Å². The van der Waals surface area contributed by atoms with Gasteiger partial charge in [-0.25, -0.2) is 4.79 Å². The van der Waals surface area contributed by atoms with Crippen LogP contribution in [0.5, 0.6) is 0 Å². The molecule has 2 N–H and O–H groups in total. The Labute approximate surface area is 153 Å². The molecule has 1 aliphatic rings. The summed E-state index contributed by atoms with van der Waals surface area (Å²) in [7, 11) is 0. The molecule has 0 unspecified atom stereocenters. The van der Waals surface area contributed by atoms with E-state index in [2.05, 4.69) is 0 Å². The van der Waals surface area contributed by atoms with Crippen molar-refractivity contribution in [3.63, 3.8) is 0 Å². The number of hydrogen-bond donors (Lipinski definition) is 1. The molecule has 1 heterocycles. The third kappa shape index (κ3) is 6.04. The van der Waals surface area contributed by atoms with E-state index < -0.39 is 12.0 Å². The van der Waals surface area contributed by atoms with Crippen LogP contribution in [-0.2, 0) is 19.1 Å². The molecule has 0 atom stereocenters. The number of carbonyl (C=O) groups excluding carboxylic acids is 3. The summed E-state index contributed by atoms with van der Waals surface area (Å²) in [5.74, 6) is -0.977. The Morgan fingerprint density at radius 1 is 1.23 bits per heavy atom. The van der Waals surface area contributed by atoms with Gasteiger partial charge in [-0.05, 0) is 26.7 Å². The van der Waals surface area contributed by atoms with Crippen LogP contribution in [-0.4, -0.2) is 67.2 Å². The zero-order chi connectivity index (χ0) is 19.5. The molecule has 9 heteroatoms. The van der Waals surface area contributed by atoms with Gasteiger partial charge in [-0.1, -0.05) is 0 Å². The first-order valence-corrected chi connectivity index (χ1v) is 8.69. The van der Waals surface area contributed by atoms with Crippen molar-refractivity contribution in [2.75, 3.05) is 39.4 Å². The van der Waals surface area contributed by atoms with Crippen molar-refractivity contribution in [1.29, 1.82) is 5.26 Å². The highest BCUT2D eigenvalue weighted by atomic mass is 16.6. The quantitative estimate of drug-likeness (QED) is 0.397. The molecule has 2 amide bonds. The summed E-state index contributed by atoms with van der Waals surface area (Å²) >= 11 is 0. The van der Waals surface area contributed by atoms with Gasteiger partial charge < -0.3 is 20.1 Å². The molecule has 0 aromatic carbocycles. The maximum atomic E-state index is 12.6. The number of nitriles is 1. The lowest BCUT2D eigenvalue weighted by Gasteiger charge is -2.30. The van der Waals surface area contributed by atoms with Gasteiger partial charge in [0.05, 0.1) is 19.1 Å². The summed E-state index contributed by atoms with van der Waals surface area (Å²) in [6, 6.07) is 1.83. The second kappa shape index (κ2) is 11.1. The maximum Gasteiger partial charge on any atom is 0.413 e. The van der Waals surface area contributed by atoms with E-state index in [1.807, 2.05) is 6.07 Å². The minimum Gasteiger partial charge on any atom is -0.466 e. The van der Waals surface area contributed by atoms with E-state index in [1.54, 1.807) is 13.8 Å². The van der Waals surface area contributed by atoms with Crippen molar-refractivity contribution in [3.05, 3.63) is 11.8 Å². The Balaban J connectivity index is 2.78. The van der Waals surface area contributed by atoms with E-state index in [-0.39, 0.29) is 37.2 Å². The van der Waals surface area contributed by atoms with E-state index in [9.17, 15) is 19.6 Å². The second-order valence-electron chi connectivity index (χ2n) is 5.65. The lowest BCUT2D eigenvalue weighted by Crippen LogP contribution is -2.41. The molecule has 0 radical (unpaired) electrons. The van der Waals surface area contributed by atoms with Crippen LogP contribution in [0.1, 0.15) is 26.7 Å². The molecule has 1 aliphatic heterocycles. The predicted molar refractivity (Wildman–Crippen MR) is 92.4 cm³/mol. The highest BCUT2D eigenvalue weighted by Gasteiger charge is 2.30. The van der Waals surface area contributed by atoms with Gasteiger partial charge >= 0.3 is 12.1 Å². The molecule has 1 saturated heterocycles. The van der Waals surface area contributed by atoms with E-state index >= 15 is 0 Å². The molecule has 144 valence electrons. The summed E-state index contributed by atoms with van der Waals surface area (Å²) < 4.78 is 9.89. The molecule has 0 aliphatic carbocycles. The summed E-state index contributed by atoms with van der Waals surface area (Å²) in [6.45, 7) is 4.88. The number of nitrogens with zero attached hydrogens (tertiary/aromatic N) is 3. The Morgan fingerprint density at radius 2 is 1.85 bits per heavy atom. The van der Waals surface area contributed by atoms with Gasteiger partial charge in [-0.15, -0.1) is 0 Å². The van der Waals surface area contributed by atoms with Crippen molar-refractivity contribution in [3.8, 4) is 6.07 Å². The standard InChI is InChI=1S/C17H26N4O5/c1-3-25-16(23)13-5-8-20(9-6-13)15(22)14(11-19)12-21(10-7-18)17(24)26-4-2/h12-13H,3-10,18H2,1-2H3/b14-12-. The van der Waals surface area contributed by atoms with Gasteiger partial charge in [0.1, 0.15) is 11.6 Å². The summed E-state index contributed by atoms with van der Waals surface area (Å²) in [4.78, 5) is 38.8. The third-order valence-electron chi connectivity index (χ3n) is 3.91. The number of ether oxygens (including phenoxy) is 2. The van der Waals surface area contributed by atoms with Gasteiger partial charge in [-0.2, -0.15) is 5.26 Å². The summed E-state index contributed by atoms with van der Waals surface area (Å²) in [6.07, 6.45) is 1.46. The highest BCUT2D eigenvalue weighted by molar-refractivity contribution is 5.97. The summed E-state index contributed by atoms with van der Waals surface area (Å²) in [5.41, 5.74) is 5.29. The lowest BCUT2D eigenvalue weighted by atomic mass is 9.96. The lowest BCUT2D eigenvalue weighted by molar-refractivity contribution is -0.150. The first kappa shape index (κ1) is 21.4. The third-order valence-corrected chi connectivity index (χ3v) is 3.91. The van der Waals surface area contributed by atoms with E-state index in [1.165, 1.54) is 11.1 Å². The number of piperidine rings is 1. The average Bonchev–Trinajstić information content (AvgIpc) is 2.65. The van der Waals surface area contributed by atoms with Gasteiger partial charge in [0.2, 0.25) is 0 Å². The monoisotopic (exact) mass is 366 g/mol. The average molecular weight is 366 g/mol. The zero-order valence-electron chi connectivity index (χ0n) is 15.3. The summed E-state index contributed by atoms with van der Waals surface area (Å²) in [5, 5.41) is 9.32. The molecule has 0 spiro atoms. The number of nitrogens with two attached hydrogens (primary N) is 1. The Kier molecular flexibility index (Phi) is 9.15. The smallest absolute Gasteiger partial charge is 0.413 e. The normalized spacial score (nSPS) is 15.2. The molecule has 9 nitrogen and oxygen atoms in total. The molecular weight excluding hydrogens is 340 g/mol. The van der Waals surface area contributed by atoms with Crippen LogP contribution >= 0.6 is 0 Å². The van der Waals surface area contributed by atoms with Crippen LogP contribution < -0.4 is 5.73 Å². The van der Waals surface area contributed by atoms with Crippen LogP contribution in [0.2, 0.25) is 0 Å². The van der Waals surface area contributed by atoms with Gasteiger partial charge in [0.15, 0.2) is 0 Å². The fourth-order valence-electron chi connectivity index (χ4n) is 2.59. The maximum absolute atomic E-state index is 12.6. The second-order valence-corrected chi connectivity index (χ2v) is 5.65. The molecule has 0 bridgehead atoms. The number of likely N-dealkylation sites (tertiary alicyclic amines) is 1. The van der Waals surface area contributed by atoms with Crippen molar-refractivity contribution >= 4 is 18.0 Å². The van der Waals surface area contributed by atoms with Crippen molar-refractivity contribution in [1.82, 2.24) is 9.80 Å². The first-order valence-electron chi connectivity index (χ1n) is 8.69. The first-order chi connectivity index (χ1) is 12.5. The van der Waals surface area contributed by atoms with Crippen molar-refractivity contribution in [2.24, 2.45) is 11.7 Å². The van der Waals surface area contributed by atoms with Crippen LogP contribution in [0.3, 0.4) is 0 Å². The Hall–Kier alpha value is -2.60. The number of amides is 2. The van der Waals surface area contributed by atoms with Gasteiger partial charge in [0, 0.05) is 32.4 Å². The van der Waals surface area contributed by atoms with Gasteiger partial charge in [0.25, 0.3) is 5.91 Å². The minimum absolute atomic E-state index is 0.127. The van der Waals surface area contributed by atoms with Crippen molar-refractivity contribution in [2.45, 2.75) is 26.7 Å². The molecule has 1 fully saturated rings. The zero-order valence-corrected chi connectivity index (χ0v) is 15.3. The number of carbonyl (C=O) groups is 3. The SMILES string of the molecule is CCOC(=O)C1CCN(C(=O)/C(C#N)=C\N(CCN)C(=O)OCC)CC1. The topological polar surface area (TPSA) is 126 Å². The van der Waals surface area contributed by atoms with E-state index in [0.29, 0.717) is 32.5 Å². The van der Waals surface area contributed by atoms with Crippen LogP contribution in [0.15, 0.2) is 11.8 Å². The van der Waals surface area contributed by atoms with Crippen LogP contribution in [0.25, 0.3) is 0 Å². The molecule has 26 heavy (non-hydrogen) atoms. The number of hydrogen-bond acceptors (Lipinski definition) is 7. The number of esters is 1. The Bertz CT molecular complexity index is 576. The largest absolute Gasteiger partial charge is 0.466 e. The van der Waals surface area contributed by atoms with Crippen LogP contribution in [0, 0.1) is 17.2 Å². The van der Waals surface area contributed by atoms with E-state index in [4.69, 9.17) is 15.2 Å². The fourth-order valence-corrected chi connectivity index (χ4v) is 2.59. The van der Waals surface area contributed by atoms with E-state index in [0.717, 1.165) is 4.90 Å². The van der Waals surface area contributed by atoms with Gasteiger partial charge in [-0.3, -0.25) is 14.5 Å². The molecular formula is C17H26N4O5. The van der Waals surface area contributed by atoms with Crippen LogP contribution in [0.4, 0.5) is 4.79 Å². The molecule has 0 saturated carbocycles. The number of rotatable bonds is 7. The minimum atomic E-state index is -0.667. The highest BCUT2D eigenvalue weighted by Crippen LogP contribution is 2.20. The predicted octanol–water partition coefficient (Wildman–Crippen LogP) is 0.613. The fraction of sp³-hybridized carbons (Fsp3) is 0.647. The molecule has 1 rings (SSSR count).